The molecule has 1 aromatic rings. The third kappa shape index (κ3) is 7.79. The van der Waals surface area contributed by atoms with E-state index in [0.717, 1.165) is 36.2 Å². The van der Waals surface area contributed by atoms with Gasteiger partial charge in [-0.3, -0.25) is 4.79 Å². The van der Waals surface area contributed by atoms with Gasteiger partial charge in [-0.25, -0.2) is 4.99 Å². The quantitative estimate of drug-likeness (QED) is 0.332. The van der Waals surface area contributed by atoms with Crippen LogP contribution in [0.1, 0.15) is 17.5 Å². The molecule has 0 spiro atoms. The summed E-state index contributed by atoms with van der Waals surface area (Å²) in [5.41, 5.74) is 2.35. The number of aryl methyl sites for hydroxylation is 1. The number of carbonyl (C=O) groups excluding carboxylic acids is 1. The van der Waals surface area contributed by atoms with E-state index in [-0.39, 0.29) is 36.4 Å². The van der Waals surface area contributed by atoms with Crippen LogP contribution in [0.2, 0.25) is 0 Å². The number of hydrogen-bond acceptors (Lipinski definition) is 3. The Morgan fingerprint density at radius 2 is 2.15 bits per heavy atom. The SMILES string of the molecule is Cc1cc(Br)ccc1CN=C(NCC(=O)N(C)C)NCC1CCOC1.I. The summed E-state index contributed by atoms with van der Waals surface area (Å²) in [5, 5.41) is 6.46. The molecule has 1 heterocycles. The van der Waals surface area contributed by atoms with Gasteiger partial charge in [-0.1, -0.05) is 22.0 Å². The summed E-state index contributed by atoms with van der Waals surface area (Å²) < 4.78 is 6.47. The lowest BCUT2D eigenvalue weighted by atomic mass is 10.1. The van der Waals surface area contributed by atoms with E-state index in [0.29, 0.717) is 18.4 Å². The van der Waals surface area contributed by atoms with Gasteiger partial charge in [-0.2, -0.15) is 0 Å². The molecule has 2 rings (SSSR count). The van der Waals surface area contributed by atoms with E-state index in [1.54, 1.807) is 19.0 Å². The Morgan fingerprint density at radius 1 is 1.38 bits per heavy atom. The van der Waals surface area contributed by atoms with E-state index in [1.165, 1.54) is 5.56 Å². The van der Waals surface area contributed by atoms with Crippen LogP contribution in [-0.2, 0) is 16.1 Å². The summed E-state index contributed by atoms with van der Waals surface area (Å²) in [7, 11) is 3.49. The molecule has 26 heavy (non-hydrogen) atoms. The van der Waals surface area contributed by atoms with E-state index in [9.17, 15) is 4.79 Å². The highest BCUT2D eigenvalue weighted by Gasteiger charge is 2.16. The van der Waals surface area contributed by atoms with Gasteiger partial charge in [-0.05, 0) is 36.6 Å². The van der Waals surface area contributed by atoms with Crippen molar-refractivity contribution in [1.29, 1.82) is 0 Å². The molecular weight excluding hydrogens is 511 g/mol. The molecule has 146 valence electrons. The minimum absolute atomic E-state index is 0. The molecule has 0 bridgehead atoms. The van der Waals surface area contributed by atoms with Gasteiger partial charge in [0.05, 0.1) is 19.7 Å². The highest BCUT2D eigenvalue weighted by Crippen LogP contribution is 2.16. The van der Waals surface area contributed by atoms with Gasteiger partial charge in [0.15, 0.2) is 5.96 Å². The first kappa shape index (κ1) is 23.2. The molecule has 0 aromatic heterocycles. The number of likely N-dealkylation sites (N-methyl/N-ethyl adjacent to an activating group) is 1. The first-order valence-corrected chi connectivity index (χ1v) is 9.30. The van der Waals surface area contributed by atoms with Crippen molar-refractivity contribution >= 4 is 51.8 Å². The van der Waals surface area contributed by atoms with Crippen LogP contribution in [0.5, 0.6) is 0 Å². The number of ether oxygens (including phenoxy) is 1. The molecule has 1 unspecified atom stereocenters. The number of aliphatic imine (C=N–C) groups is 1. The average molecular weight is 539 g/mol. The van der Waals surface area contributed by atoms with Crippen molar-refractivity contribution in [2.45, 2.75) is 19.9 Å². The van der Waals surface area contributed by atoms with Crippen LogP contribution in [0, 0.1) is 12.8 Å². The zero-order valence-corrected chi connectivity index (χ0v) is 19.5. The Bertz CT molecular complexity index is 619. The van der Waals surface area contributed by atoms with Crippen molar-refractivity contribution in [1.82, 2.24) is 15.5 Å². The topological polar surface area (TPSA) is 66.0 Å². The van der Waals surface area contributed by atoms with Gasteiger partial charge in [-0.15, -0.1) is 24.0 Å². The standard InChI is InChI=1S/C18H27BrN4O2.HI/c1-13-8-16(19)5-4-15(13)10-21-18(22-11-17(24)23(2)3)20-9-14-6-7-25-12-14;/h4-5,8,14H,6-7,9-12H2,1-3H3,(H2,20,21,22);1H. The van der Waals surface area contributed by atoms with Crippen LogP contribution in [0.15, 0.2) is 27.7 Å². The first-order chi connectivity index (χ1) is 12.0. The monoisotopic (exact) mass is 538 g/mol. The summed E-state index contributed by atoms with van der Waals surface area (Å²) in [4.78, 5) is 18.0. The molecule has 1 atom stereocenters. The van der Waals surface area contributed by atoms with Gasteiger partial charge < -0.3 is 20.3 Å². The molecular formula is C18H28BrIN4O2. The molecule has 0 saturated carbocycles. The molecule has 2 N–H and O–H groups in total. The summed E-state index contributed by atoms with van der Waals surface area (Å²) in [6.45, 7) is 5.25. The highest BCUT2D eigenvalue weighted by atomic mass is 127. The van der Waals surface area contributed by atoms with Gasteiger partial charge in [0.25, 0.3) is 0 Å². The van der Waals surface area contributed by atoms with Crippen LogP contribution < -0.4 is 10.6 Å². The zero-order valence-electron chi connectivity index (χ0n) is 15.5. The fraction of sp³-hybridized carbons (Fsp3) is 0.556. The van der Waals surface area contributed by atoms with E-state index in [4.69, 9.17) is 4.74 Å². The summed E-state index contributed by atoms with van der Waals surface area (Å²) in [6, 6.07) is 6.16. The predicted octanol–water partition coefficient (Wildman–Crippen LogP) is 2.54. The Balaban J connectivity index is 0.00000338. The third-order valence-corrected chi connectivity index (χ3v) is 4.69. The van der Waals surface area contributed by atoms with E-state index < -0.39 is 0 Å². The van der Waals surface area contributed by atoms with E-state index >= 15 is 0 Å². The van der Waals surface area contributed by atoms with Crippen LogP contribution in [0.3, 0.4) is 0 Å². The van der Waals surface area contributed by atoms with Crippen molar-refractivity contribution in [3.8, 4) is 0 Å². The molecule has 1 aromatic carbocycles. The van der Waals surface area contributed by atoms with Crippen molar-refractivity contribution in [2.24, 2.45) is 10.9 Å². The maximum atomic E-state index is 11.8. The third-order valence-electron chi connectivity index (χ3n) is 4.20. The molecule has 0 aliphatic carbocycles. The number of rotatable bonds is 6. The Morgan fingerprint density at radius 3 is 2.77 bits per heavy atom. The van der Waals surface area contributed by atoms with Gasteiger partial charge in [0.1, 0.15) is 0 Å². The second-order valence-corrected chi connectivity index (χ2v) is 7.40. The fourth-order valence-electron chi connectivity index (χ4n) is 2.48. The number of carbonyl (C=O) groups is 1. The van der Waals surface area contributed by atoms with Crippen molar-refractivity contribution < 1.29 is 9.53 Å². The van der Waals surface area contributed by atoms with E-state index in [1.807, 2.05) is 6.07 Å². The second kappa shape index (κ2) is 11.8. The smallest absolute Gasteiger partial charge is 0.241 e. The number of nitrogens with one attached hydrogen (secondary N) is 2. The molecule has 6 nitrogen and oxygen atoms in total. The number of hydrogen-bond donors (Lipinski definition) is 2. The molecule has 1 fully saturated rings. The number of benzene rings is 1. The van der Waals surface area contributed by atoms with Crippen molar-refractivity contribution in [3.63, 3.8) is 0 Å². The average Bonchev–Trinajstić information content (AvgIpc) is 3.08. The van der Waals surface area contributed by atoms with Crippen LogP contribution in [0.25, 0.3) is 0 Å². The number of guanidine groups is 1. The molecule has 0 radical (unpaired) electrons. The summed E-state index contributed by atoms with van der Waals surface area (Å²) >= 11 is 3.48. The van der Waals surface area contributed by atoms with Crippen molar-refractivity contribution in [3.05, 3.63) is 33.8 Å². The molecule has 1 aliphatic rings. The predicted molar refractivity (Wildman–Crippen MR) is 119 cm³/mol. The van der Waals surface area contributed by atoms with Crippen LogP contribution >= 0.6 is 39.9 Å². The number of halogens is 2. The summed E-state index contributed by atoms with van der Waals surface area (Å²) in [5.74, 6) is 1.16. The summed E-state index contributed by atoms with van der Waals surface area (Å²) in [6.07, 6.45) is 1.06. The minimum atomic E-state index is 0. The maximum Gasteiger partial charge on any atom is 0.241 e. The molecule has 1 saturated heterocycles. The fourth-order valence-corrected chi connectivity index (χ4v) is 2.95. The largest absolute Gasteiger partial charge is 0.381 e. The molecule has 1 amide bonds. The molecule has 1 aliphatic heterocycles. The molecule has 8 heteroatoms. The maximum absolute atomic E-state index is 11.8. The Kier molecular flexibility index (Phi) is 10.5. The Hall–Kier alpha value is -0.870. The number of nitrogens with zero attached hydrogens (tertiary/aromatic N) is 2. The number of amides is 1. The lowest BCUT2D eigenvalue weighted by molar-refractivity contribution is -0.127. The van der Waals surface area contributed by atoms with Crippen molar-refractivity contribution in [2.75, 3.05) is 40.4 Å². The van der Waals surface area contributed by atoms with E-state index in [2.05, 4.69) is 50.6 Å². The van der Waals surface area contributed by atoms with Gasteiger partial charge >= 0.3 is 0 Å². The van der Waals surface area contributed by atoms with Crippen LogP contribution in [-0.4, -0.2) is 57.2 Å². The van der Waals surface area contributed by atoms with Crippen LogP contribution in [0.4, 0.5) is 0 Å². The highest BCUT2D eigenvalue weighted by molar-refractivity contribution is 14.0. The van der Waals surface area contributed by atoms with Gasteiger partial charge in [0, 0.05) is 37.6 Å². The lowest BCUT2D eigenvalue weighted by Gasteiger charge is -2.17. The normalized spacial score (nSPS) is 16.8. The first-order valence-electron chi connectivity index (χ1n) is 8.51. The van der Waals surface area contributed by atoms with Gasteiger partial charge in [0.2, 0.25) is 5.91 Å². The Labute approximate surface area is 181 Å². The second-order valence-electron chi connectivity index (χ2n) is 6.49. The minimum Gasteiger partial charge on any atom is -0.381 e. The lowest BCUT2D eigenvalue weighted by Crippen LogP contribution is -2.44. The zero-order chi connectivity index (χ0) is 18.2.